The number of aromatic nitrogens is 6. The Balaban J connectivity index is 1.45. The van der Waals surface area contributed by atoms with Crippen molar-refractivity contribution in [1.82, 2.24) is 29.3 Å². The highest BCUT2D eigenvalue weighted by molar-refractivity contribution is 5.65. The Hall–Kier alpha value is -3.85. The van der Waals surface area contributed by atoms with E-state index >= 15 is 0 Å². The van der Waals surface area contributed by atoms with Crippen LogP contribution in [0.5, 0.6) is 5.88 Å². The molecule has 33 heavy (non-hydrogen) atoms. The van der Waals surface area contributed by atoms with E-state index in [1.807, 2.05) is 29.8 Å². The first-order valence-corrected chi connectivity index (χ1v) is 10.6. The number of hydrogen-bond acceptors (Lipinski definition) is 6. The van der Waals surface area contributed by atoms with E-state index in [1.165, 1.54) is 6.07 Å². The third-order valence-corrected chi connectivity index (χ3v) is 5.73. The van der Waals surface area contributed by atoms with Gasteiger partial charge in [-0.1, -0.05) is 18.2 Å². The van der Waals surface area contributed by atoms with Crippen LogP contribution in [0.2, 0.25) is 0 Å². The Morgan fingerprint density at radius 1 is 1.15 bits per heavy atom. The zero-order valence-corrected chi connectivity index (χ0v) is 18.3. The molecule has 4 heterocycles. The van der Waals surface area contributed by atoms with E-state index in [1.54, 1.807) is 48.5 Å². The molecule has 1 aliphatic heterocycles. The smallest absolute Gasteiger partial charge is 0.238 e. The van der Waals surface area contributed by atoms with Crippen LogP contribution in [0.25, 0.3) is 17.8 Å². The molecule has 0 amide bonds. The molecule has 0 spiro atoms. The molecule has 0 unspecified atom stereocenters. The van der Waals surface area contributed by atoms with Gasteiger partial charge in [0.25, 0.3) is 0 Å². The quantitative estimate of drug-likeness (QED) is 0.505. The van der Waals surface area contributed by atoms with Crippen LogP contribution in [0.15, 0.2) is 48.9 Å². The first-order valence-electron chi connectivity index (χ1n) is 10.6. The summed E-state index contributed by atoms with van der Waals surface area (Å²) in [5.74, 6) is 0.755. The van der Waals surface area contributed by atoms with E-state index < -0.39 is 11.4 Å². The average molecular weight is 446 g/mol. The molecule has 0 saturated carbocycles. The number of nitrogens with zero attached hydrogens (tertiary/aromatic N) is 6. The molecule has 1 aromatic carbocycles. The second-order valence-corrected chi connectivity index (χ2v) is 7.98. The van der Waals surface area contributed by atoms with Crippen molar-refractivity contribution < 1.29 is 14.2 Å². The standard InChI is InChI=1S/C24H23FN6O2/c1-16-14-30(15-26-16)20-10-8-17(27-22(20)33-2)9-11-21-28-23-24(32,12-5-13-31(23)29-21)18-6-3-4-7-19(18)25/h3-4,6-11,14-15,32H,5,12-13H2,1-2H3/b11-9+/t24-/m0/s1. The van der Waals surface area contributed by atoms with E-state index in [4.69, 9.17) is 4.74 Å². The van der Waals surface area contributed by atoms with Crippen LogP contribution in [0.3, 0.4) is 0 Å². The Labute approximate surface area is 190 Å². The SMILES string of the molecule is COc1nc(/C=C/c2nc3n(n2)CCC[C@]3(O)c2ccccc2F)ccc1-n1cnc(C)c1. The number of rotatable bonds is 5. The van der Waals surface area contributed by atoms with Crippen LogP contribution < -0.4 is 4.74 Å². The first-order chi connectivity index (χ1) is 16.0. The van der Waals surface area contributed by atoms with Crippen molar-refractivity contribution in [3.63, 3.8) is 0 Å². The highest BCUT2D eigenvalue weighted by atomic mass is 19.1. The van der Waals surface area contributed by atoms with Crippen molar-refractivity contribution in [2.24, 2.45) is 0 Å². The maximum Gasteiger partial charge on any atom is 0.238 e. The number of methoxy groups -OCH3 is 1. The predicted molar refractivity (Wildman–Crippen MR) is 120 cm³/mol. The van der Waals surface area contributed by atoms with Gasteiger partial charge in [-0.2, -0.15) is 5.10 Å². The van der Waals surface area contributed by atoms with E-state index in [0.29, 0.717) is 42.6 Å². The number of imidazole rings is 1. The van der Waals surface area contributed by atoms with E-state index in [9.17, 15) is 9.50 Å². The molecular formula is C24H23FN6O2. The summed E-state index contributed by atoms with van der Waals surface area (Å²) in [6, 6.07) is 10.0. The summed E-state index contributed by atoms with van der Waals surface area (Å²) in [5, 5.41) is 15.9. The van der Waals surface area contributed by atoms with Crippen LogP contribution in [-0.2, 0) is 12.1 Å². The summed E-state index contributed by atoms with van der Waals surface area (Å²) < 4.78 is 23.4. The van der Waals surface area contributed by atoms with Gasteiger partial charge in [0.05, 0.1) is 24.8 Å². The summed E-state index contributed by atoms with van der Waals surface area (Å²) in [4.78, 5) is 13.3. The molecule has 9 heteroatoms. The van der Waals surface area contributed by atoms with Crippen molar-refractivity contribution in [2.45, 2.75) is 31.9 Å². The second-order valence-electron chi connectivity index (χ2n) is 7.98. The van der Waals surface area contributed by atoms with Crippen LogP contribution in [0.4, 0.5) is 4.39 Å². The molecule has 0 saturated heterocycles. The fraction of sp³-hybridized carbons (Fsp3) is 0.250. The summed E-state index contributed by atoms with van der Waals surface area (Å²) in [7, 11) is 1.57. The molecule has 8 nitrogen and oxygen atoms in total. The lowest BCUT2D eigenvalue weighted by Crippen LogP contribution is -2.36. The first kappa shape index (κ1) is 21.0. The van der Waals surface area contributed by atoms with Gasteiger partial charge in [-0.05, 0) is 50.1 Å². The van der Waals surface area contributed by atoms with Crippen molar-refractivity contribution in [1.29, 1.82) is 0 Å². The number of halogens is 1. The molecule has 0 radical (unpaired) electrons. The maximum atomic E-state index is 14.5. The Bertz CT molecular complexity index is 1340. The van der Waals surface area contributed by atoms with Gasteiger partial charge in [0, 0.05) is 18.3 Å². The Morgan fingerprint density at radius 2 is 2.00 bits per heavy atom. The Kier molecular flexibility index (Phi) is 5.26. The van der Waals surface area contributed by atoms with E-state index in [0.717, 1.165) is 11.4 Å². The minimum absolute atomic E-state index is 0.214. The molecular weight excluding hydrogens is 423 g/mol. The normalized spacial score (nSPS) is 17.9. The molecule has 0 bridgehead atoms. The molecule has 0 aliphatic carbocycles. The molecule has 5 rings (SSSR count). The molecule has 1 N–H and O–H groups in total. The van der Waals surface area contributed by atoms with Crippen LogP contribution >= 0.6 is 0 Å². The number of ether oxygens (including phenoxy) is 1. The van der Waals surface area contributed by atoms with Crippen molar-refractivity contribution in [3.05, 3.63) is 83.3 Å². The monoisotopic (exact) mass is 446 g/mol. The summed E-state index contributed by atoms with van der Waals surface area (Å²) in [6.07, 6.45) is 8.14. The second kappa shape index (κ2) is 8.25. The molecule has 0 fully saturated rings. The maximum absolute atomic E-state index is 14.5. The summed E-state index contributed by atoms with van der Waals surface area (Å²) in [6.45, 7) is 2.52. The van der Waals surface area contributed by atoms with Gasteiger partial charge in [0.2, 0.25) is 5.88 Å². The number of aryl methyl sites for hydroxylation is 2. The number of fused-ring (bicyclic) bond motifs is 1. The lowest BCUT2D eigenvalue weighted by atomic mass is 9.86. The highest BCUT2D eigenvalue weighted by Crippen LogP contribution is 2.37. The van der Waals surface area contributed by atoms with Gasteiger partial charge >= 0.3 is 0 Å². The van der Waals surface area contributed by atoms with Gasteiger partial charge in [-0.3, -0.25) is 0 Å². The minimum Gasteiger partial charge on any atom is -0.479 e. The van der Waals surface area contributed by atoms with Crippen molar-refractivity contribution in [3.8, 4) is 11.6 Å². The van der Waals surface area contributed by atoms with Gasteiger partial charge in [-0.25, -0.2) is 24.0 Å². The topological polar surface area (TPSA) is 90.9 Å². The average Bonchev–Trinajstić information content (AvgIpc) is 3.44. The number of aliphatic hydroxyl groups is 1. The van der Waals surface area contributed by atoms with Gasteiger partial charge < -0.3 is 14.4 Å². The van der Waals surface area contributed by atoms with Crippen LogP contribution in [-0.4, -0.2) is 41.5 Å². The molecule has 168 valence electrons. The van der Waals surface area contributed by atoms with Crippen LogP contribution in [0.1, 0.15) is 41.4 Å². The Morgan fingerprint density at radius 3 is 2.76 bits per heavy atom. The third-order valence-electron chi connectivity index (χ3n) is 5.73. The van der Waals surface area contributed by atoms with Gasteiger partial charge in [0.15, 0.2) is 17.2 Å². The third kappa shape index (κ3) is 3.80. The highest BCUT2D eigenvalue weighted by Gasteiger charge is 2.41. The molecule has 3 aromatic heterocycles. The lowest BCUT2D eigenvalue weighted by molar-refractivity contribution is 0.0361. The zero-order valence-electron chi connectivity index (χ0n) is 18.3. The number of benzene rings is 1. The molecule has 4 aromatic rings. The summed E-state index contributed by atoms with van der Waals surface area (Å²) in [5.41, 5.74) is 1.02. The lowest BCUT2D eigenvalue weighted by Gasteiger charge is -2.31. The fourth-order valence-electron chi connectivity index (χ4n) is 4.14. The largest absolute Gasteiger partial charge is 0.479 e. The van der Waals surface area contributed by atoms with Gasteiger partial charge in [0.1, 0.15) is 11.5 Å². The number of hydrogen-bond donors (Lipinski definition) is 1. The van der Waals surface area contributed by atoms with E-state index in [-0.39, 0.29) is 5.56 Å². The zero-order chi connectivity index (χ0) is 23.0. The van der Waals surface area contributed by atoms with E-state index in [2.05, 4.69) is 20.1 Å². The predicted octanol–water partition coefficient (Wildman–Crippen LogP) is 3.52. The molecule has 1 aliphatic rings. The van der Waals surface area contributed by atoms with Crippen LogP contribution in [0, 0.1) is 12.7 Å². The molecule has 1 atom stereocenters. The van der Waals surface area contributed by atoms with Gasteiger partial charge in [-0.15, -0.1) is 0 Å². The minimum atomic E-state index is -1.52. The van der Waals surface area contributed by atoms with Crippen molar-refractivity contribution in [2.75, 3.05) is 7.11 Å². The summed E-state index contributed by atoms with van der Waals surface area (Å²) >= 11 is 0. The number of pyridine rings is 1. The fourth-order valence-corrected chi connectivity index (χ4v) is 4.14. The van der Waals surface area contributed by atoms with Crippen molar-refractivity contribution >= 4 is 12.2 Å².